The summed E-state index contributed by atoms with van der Waals surface area (Å²) in [6, 6.07) is -1.20. The average molecular weight is 244 g/mol. The number of rotatable bonds is 5. The topological polar surface area (TPSA) is 102 Å². The van der Waals surface area contributed by atoms with Crippen LogP contribution in [-0.4, -0.2) is 42.3 Å². The fourth-order valence-electron chi connectivity index (χ4n) is 1.81. The van der Waals surface area contributed by atoms with Gasteiger partial charge in [0.2, 0.25) is 5.91 Å². The maximum absolute atomic E-state index is 11.8. The highest BCUT2D eigenvalue weighted by Gasteiger charge is 2.33. The SMILES string of the molecule is CC(C)CC(NC(=O)C1COCC1N)C(=O)O. The molecule has 0 bridgehead atoms. The average Bonchev–Trinajstić information content (AvgIpc) is 2.62. The first-order chi connectivity index (χ1) is 7.91. The molecule has 6 heteroatoms. The number of carbonyl (C=O) groups excluding carboxylic acids is 1. The third-order valence-corrected chi connectivity index (χ3v) is 2.78. The monoisotopic (exact) mass is 244 g/mol. The number of aliphatic carboxylic acids is 1. The first-order valence-electron chi connectivity index (χ1n) is 5.78. The summed E-state index contributed by atoms with van der Waals surface area (Å²) in [6.45, 7) is 4.43. The van der Waals surface area contributed by atoms with E-state index >= 15 is 0 Å². The predicted octanol–water partition coefficient (Wildman–Crippen LogP) is -0.424. The fourth-order valence-corrected chi connectivity index (χ4v) is 1.81. The van der Waals surface area contributed by atoms with Crippen LogP contribution in [0.15, 0.2) is 0 Å². The molecule has 1 aliphatic rings. The second kappa shape index (κ2) is 5.97. The van der Waals surface area contributed by atoms with Crippen molar-refractivity contribution in [3.8, 4) is 0 Å². The number of nitrogens with two attached hydrogens (primary N) is 1. The van der Waals surface area contributed by atoms with Gasteiger partial charge in [-0.3, -0.25) is 4.79 Å². The summed E-state index contributed by atoms with van der Waals surface area (Å²) in [5.74, 6) is -1.59. The number of carboxylic acid groups (broad SMARTS) is 1. The molecule has 0 aromatic carbocycles. The summed E-state index contributed by atoms with van der Waals surface area (Å²) in [7, 11) is 0. The van der Waals surface area contributed by atoms with Gasteiger partial charge in [-0.25, -0.2) is 4.79 Å². The second-order valence-electron chi connectivity index (χ2n) is 4.84. The van der Waals surface area contributed by atoms with E-state index < -0.39 is 17.9 Å². The lowest BCUT2D eigenvalue weighted by Crippen LogP contribution is -2.48. The Kier molecular flexibility index (Phi) is 4.89. The molecule has 1 saturated heterocycles. The lowest BCUT2D eigenvalue weighted by Gasteiger charge is -2.19. The molecule has 1 amide bonds. The first kappa shape index (κ1) is 13.9. The number of hydrogen-bond donors (Lipinski definition) is 3. The summed E-state index contributed by atoms with van der Waals surface area (Å²) >= 11 is 0. The van der Waals surface area contributed by atoms with E-state index in [0.29, 0.717) is 13.0 Å². The summed E-state index contributed by atoms with van der Waals surface area (Å²) in [6.07, 6.45) is 0.407. The summed E-state index contributed by atoms with van der Waals surface area (Å²) < 4.78 is 5.08. The van der Waals surface area contributed by atoms with Crippen LogP contribution in [0.2, 0.25) is 0 Å². The van der Waals surface area contributed by atoms with Crippen molar-refractivity contribution >= 4 is 11.9 Å². The van der Waals surface area contributed by atoms with Gasteiger partial charge in [0.15, 0.2) is 0 Å². The Bertz CT molecular complexity index is 293. The molecule has 1 heterocycles. The molecule has 0 aromatic heterocycles. The van der Waals surface area contributed by atoms with Crippen molar-refractivity contribution in [1.29, 1.82) is 0 Å². The molecule has 0 aromatic rings. The minimum atomic E-state index is -1.01. The van der Waals surface area contributed by atoms with Crippen molar-refractivity contribution in [1.82, 2.24) is 5.32 Å². The van der Waals surface area contributed by atoms with Crippen LogP contribution in [0.25, 0.3) is 0 Å². The Morgan fingerprint density at radius 2 is 2.12 bits per heavy atom. The molecule has 3 atom stereocenters. The van der Waals surface area contributed by atoms with Crippen LogP contribution in [0.5, 0.6) is 0 Å². The molecule has 0 radical (unpaired) electrons. The standard InChI is InChI=1S/C11H20N2O4/c1-6(2)3-9(11(15)16)13-10(14)7-4-17-5-8(7)12/h6-9H,3-5,12H2,1-2H3,(H,13,14)(H,15,16). The highest BCUT2D eigenvalue weighted by Crippen LogP contribution is 2.13. The molecule has 3 unspecified atom stereocenters. The third kappa shape index (κ3) is 3.98. The Morgan fingerprint density at radius 3 is 2.53 bits per heavy atom. The molecule has 0 aliphatic carbocycles. The van der Waals surface area contributed by atoms with Gasteiger partial charge in [0.25, 0.3) is 0 Å². The van der Waals surface area contributed by atoms with Crippen molar-refractivity contribution < 1.29 is 19.4 Å². The minimum absolute atomic E-state index is 0.199. The normalized spacial score (nSPS) is 25.9. The van der Waals surface area contributed by atoms with E-state index in [1.165, 1.54) is 0 Å². The van der Waals surface area contributed by atoms with Crippen LogP contribution in [0.4, 0.5) is 0 Å². The second-order valence-corrected chi connectivity index (χ2v) is 4.84. The van der Waals surface area contributed by atoms with Crippen molar-refractivity contribution in [3.63, 3.8) is 0 Å². The number of ether oxygens (including phenoxy) is 1. The number of carbonyl (C=O) groups is 2. The zero-order valence-electron chi connectivity index (χ0n) is 10.2. The molecule has 98 valence electrons. The van der Waals surface area contributed by atoms with Crippen molar-refractivity contribution in [3.05, 3.63) is 0 Å². The molecule has 0 spiro atoms. The van der Waals surface area contributed by atoms with Crippen LogP contribution < -0.4 is 11.1 Å². The van der Waals surface area contributed by atoms with Crippen LogP contribution in [0.1, 0.15) is 20.3 Å². The third-order valence-electron chi connectivity index (χ3n) is 2.78. The molecule has 6 nitrogen and oxygen atoms in total. The van der Waals surface area contributed by atoms with Gasteiger partial charge in [0.1, 0.15) is 6.04 Å². The molecule has 1 fully saturated rings. The van der Waals surface area contributed by atoms with Crippen molar-refractivity contribution in [2.75, 3.05) is 13.2 Å². The Labute approximate surface area is 101 Å². The minimum Gasteiger partial charge on any atom is -0.480 e. The quantitative estimate of drug-likeness (QED) is 0.609. The summed E-state index contributed by atoms with van der Waals surface area (Å²) in [5, 5.41) is 11.5. The number of hydrogen-bond acceptors (Lipinski definition) is 4. The van der Waals surface area contributed by atoms with Crippen LogP contribution >= 0.6 is 0 Å². The molecule has 1 aliphatic heterocycles. The van der Waals surface area contributed by atoms with Gasteiger partial charge in [-0.15, -0.1) is 0 Å². The van der Waals surface area contributed by atoms with Crippen LogP contribution in [0, 0.1) is 11.8 Å². The molecular formula is C11H20N2O4. The van der Waals surface area contributed by atoms with E-state index in [1.807, 2.05) is 13.8 Å². The van der Waals surface area contributed by atoms with Gasteiger partial charge in [-0.2, -0.15) is 0 Å². The summed E-state index contributed by atoms with van der Waals surface area (Å²) in [5.41, 5.74) is 5.70. The van der Waals surface area contributed by atoms with Crippen LogP contribution in [0.3, 0.4) is 0 Å². The molecule has 0 saturated carbocycles. The molecule has 17 heavy (non-hydrogen) atoms. The predicted molar refractivity (Wildman–Crippen MR) is 61.3 cm³/mol. The number of amides is 1. The Morgan fingerprint density at radius 1 is 1.47 bits per heavy atom. The highest BCUT2D eigenvalue weighted by atomic mass is 16.5. The lowest BCUT2D eigenvalue weighted by atomic mass is 10.0. The first-order valence-corrected chi connectivity index (χ1v) is 5.78. The smallest absolute Gasteiger partial charge is 0.326 e. The largest absolute Gasteiger partial charge is 0.480 e. The van der Waals surface area contributed by atoms with Gasteiger partial charge in [-0.1, -0.05) is 13.8 Å². The van der Waals surface area contributed by atoms with E-state index in [1.54, 1.807) is 0 Å². The van der Waals surface area contributed by atoms with Gasteiger partial charge >= 0.3 is 5.97 Å². The number of carboxylic acids is 1. The van der Waals surface area contributed by atoms with E-state index in [4.69, 9.17) is 15.6 Å². The Balaban J connectivity index is 2.54. The lowest BCUT2D eigenvalue weighted by molar-refractivity contribution is -0.143. The van der Waals surface area contributed by atoms with Gasteiger partial charge in [-0.05, 0) is 12.3 Å². The van der Waals surface area contributed by atoms with E-state index in [9.17, 15) is 9.59 Å². The maximum Gasteiger partial charge on any atom is 0.326 e. The molecular weight excluding hydrogens is 224 g/mol. The van der Waals surface area contributed by atoms with Crippen molar-refractivity contribution in [2.45, 2.75) is 32.4 Å². The molecule has 4 N–H and O–H groups in total. The molecule has 1 rings (SSSR count). The zero-order chi connectivity index (χ0) is 13.0. The highest BCUT2D eigenvalue weighted by molar-refractivity contribution is 5.85. The van der Waals surface area contributed by atoms with Gasteiger partial charge < -0.3 is 20.9 Å². The van der Waals surface area contributed by atoms with E-state index in [0.717, 1.165) is 0 Å². The zero-order valence-corrected chi connectivity index (χ0v) is 10.2. The Hall–Kier alpha value is -1.14. The number of nitrogens with one attached hydrogen (secondary N) is 1. The van der Waals surface area contributed by atoms with Gasteiger partial charge in [0, 0.05) is 6.04 Å². The van der Waals surface area contributed by atoms with E-state index in [-0.39, 0.29) is 24.5 Å². The van der Waals surface area contributed by atoms with Crippen molar-refractivity contribution in [2.24, 2.45) is 17.6 Å². The van der Waals surface area contributed by atoms with E-state index in [2.05, 4.69) is 5.32 Å². The van der Waals surface area contributed by atoms with Gasteiger partial charge in [0.05, 0.1) is 19.1 Å². The maximum atomic E-state index is 11.8. The summed E-state index contributed by atoms with van der Waals surface area (Å²) in [4.78, 5) is 22.8. The fraction of sp³-hybridized carbons (Fsp3) is 0.818. The van der Waals surface area contributed by atoms with Crippen LogP contribution in [-0.2, 0) is 14.3 Å².